The third-order valence-electron chi connectivity index (χ3n) is 2.82. The fourth-order valence-corrected chi connectivity index (χ4v) is 1.78. The molecule has 20 heavy (non-hydrogen) atoms. The summed E-state index contributed by atoms with van der Waals surface area (Å²) in [7, 11) is 1.57. The van der Waals surface area contributed by atoms with E-state index in [1.54, 1.807) is 32.8 Å². The minimum atomic E-state index is -1.03. The van der Waals surface area contributed by atoms with E-state index in [1.165, 1.54) is 0 Å². The molecule has 0 aliphatic rings. The number of carboxylic acid groups (broad SMARTS) is 1. The molecular weight excluding hydrogens is 260 g/mol. The highest BCUT2D eigenvalue weighted by molar-refractivity contribution is 5.83. The molecule has 0 spiro atoms. The van der Waals surface area contributed by atoms with E-state index in [4.69, 9.17) is 4.74 Å². The molecule has 2 amide bonds. The Morgan fingerprint density at radius 3 is 2.20 bits per heavy atom. The Kier molecular flexibility index (Phi) is 7.57. The smallest absolute Gasteiger partial charge is 0.326 e. The largest absolute Gasteiger partial charge is 0.480 e. The number of nitrogens with zero attached hydrogens (tertiary/aromatic N) is 1. The molecule has 0 radical (unpaired) electrons. The van der Waals surface area contributed by atoms with Gasteiger partial charge in [0.25, 0.3) is 0 Å². The Morgan fingerprint density at radius 2 is 1.85 bits per heavy atom. The van der Waals surface area contributed by atoms with Gasteiger partial charge in [0.15, 0.2) is 0 Å². The molecule has 0 aromatic carbocycles. The maximum Gasteiger partial charge on any atom is 0.326 e. The van der Waals surface area contributed by atoms with Gasteiger partial charge in [-0.1, -0.05) is 34.6 Å². The van der Waals surface area contributed by atoms with Crippen LogP contribution in [-0.4, -0.2) is 54.9 Å². The summed E-state index contributed by atoms with van der Waals surface area (Å²) in [6, 6.07) is -1.29. The van der Waals surface area contributed by atoms with Crippen molar-refractivity contribution in [1.29, 1.82) is 0 Å². The van der Waals surface area contributed by atoms with Crippen molar-refractivity contribution in [1.82, 2.24) is 10.2 Å². The molecule has 6 nitrogen and oxygen atoms in total. The number of amides is 2. The SMILES string of the molecule is COCCN(CC(C)C)C(=O)NC(C(=O)O)C(C)(C)C. The van der Waals surface area contributed by atoms with Crippen LogP contribution in [-0.2, 0) is 9.53 Å². The summed E-state index contributed by atoms with van der Waals surface area (Å²) in [5.74, 6) is -0.724. The maximum absolute atomic E-state index is 12.2. The van der Waals surface area contributed by atoms with E-state index in [-0.39, 0.29) is 6.03 Å². The van der Waals surface area contributed by atoms with Crippen LogP contribution in [0.3, 0.4) is 0 Å². The number of hydrogen-bond acceptors (Lipinski definition) is 3. The molecule has 118 valence electrons. The number of methoxy groups -OCH3 is 1. The van der Waals surface area contributed by atoms with Crippen LogP contribution in [0.1, 0.15) is 34.6 Å². The van der Waals surface area contributed by atoms with E-state index in [1.807, 2.05) is 13.8 Å². The predicted molar refractivity (Wildman–Crippen MR) is 77.7 cm³/mol. The zero-order chi connectivity index (χ0) is 15.9. The molecule has 0 heterocycles. The maximum atomic E-state index is 12.2. The van der Waals surface area contributed by atoms with Crippen molar-refractivity contribution in [2.24, 2.45) is 11.3 Å². The second-order valence-corrected chi connectivity index (χ2v) is 6.42. The van der Waals surface area contributed by atoms with Gasteiger partial charge >= 0.3 is 12.0 Å². The van der Waals surface area contributed by atoms with E-state index in [0.717, 1.165) is 0 Å². The zero-order valence-corrected chi connectivity index (χ0v) is 13.4. The number of rotatable bonds is 7. The number of aliphatic carboxylic acids is 1. The van der Waals surface area contributed by atoms with Crippen LogP contribution < -0.4 is 5.32 Å². The molecule has 0 rings (SSSR count). The first kappa shape index (κ1) is 18.7. The third kappa shape index (κ3) is 6.75. The number of carboxylic acids is 1. The number of carbonyl (C=O) groups excluding carboxylic acids is 1. The highest BCUT2D eigenvalue weighted by atomic mass is 16.5. The van der Waals surface area contributed by atoms with E-state index in [2.05, 4.69) is 5.32 Å². The fraction of sp³-hybridized carbons (Fsp3) is 0.857. The van der Waals surface area contributed by atoms with Crippen LogP contribution in [0.4, 0.5) is 4.79 Å². The second kappa shape index (κ2) is 8.09. The van der Waals surface area contributed by atoms with Crippen molar-refractivity contribution < 1.29 is 19.4 Å². The summed E-state index contributed by atoms with van der Waals surface area (Å²) in [5, 5.41) is 11.8. The molecule has 0 bridgehead atoms. The van der Waals surface area contributed by atoms with Gasteiger partial charge in [-0.25, -0.2) is 9.59 Å². The lowest BCUT2D eigenvalue weighted by Gasteiger charge is -2.31. The lowest BCUT2D eigenvalue weighted by Crippen LogP contribution is -2.54. The van der Waals surface area contributed by atoms with E-state index < -0.39 is 17.4 Å². The molecule has 0 saturated heterocycles. The summed E-state index contributed by atoms with van der Waals surface area (Å²) >= 11 is 0. The minimum absolute atomic E-state index is 0.301. The van der Waals surface area contributed by atoms with Crippen LogP contribution >= 0.6 is 0 Å². The minimum Gasteiger partial charge on any atom is -0.480 e. The Hall–Kier alpha value is -1.30. The Labute approximate surface area is 121 Å². The van der Waals surface area contributed by atoms with Gasteiger partial charge in [0.05, 0.1) is 6.61 Å². The Morgan fingerprint density at radius 1 is 1.30 bits per heavy atom. The lowest BCUT2D eigenvalue weighted by molar-refractivity contribution is -0.142. The average molecular weight is 288 g/mol. The monoisotopic (exact) mass is 288 g/mol. The van der Waals surface area contributed by atoms with E-state index >= 15 is 0 Å². The van der Waals surface area contributed by atoms with Crippen molar-refractivity contribution in [3.05, 3.63) is 0 Å². The summed E-state index contributed by atoms with van der Waals surface area (Å²) in [6.45, 7) is 10.8. The van der Waals surface area contributed by atoms with Crippen LogP contribution in [0, 0.1) is 11.3 Å². The molecular formula is C14H28N2O4. The Bertz CT molecular complexity index is 324. The molecule has 6 heteroatoms. The highest BCUT2D eigenvalue weighted by Crippen LogP contribution is 2.19. The topological polar surface area (TPSA) is 78.9 Å². The van der Waals surface area contributed by atoms with Gasteiger partial charge in [0.2, 0.25) is 0 Å². The van der Waals surface area contributed by atoms with Gasteiger partial charge < -0.3 is 20.1 Å². The van der Waals surface area contributed by atoms with Crippen LogP contribution in [0.2, 0.25) is 0 Å². The van der Waals surface area contributed by atoms with Crippen LogP contribution in [0.15, 0.2) is 0 Å². The molecule has 1 unspecified atom stereocenters. The second-order valence-electron chi connectivity index (χ2n) is 6.42. The normalized spacial score (nSPS) is 13.2. The van der Waals surface area contributed by atoms with Gasteiger partial charge in [-0.2, -0.15) is 0 Å². The quantitative estimate of drug-likeness (QED) is 0.748. The Balaban J connectivity index is 4.82. The van der Waals surface area contributed by atoms with Crippen molar-refractivity contribution in [3.63, 3.8) is 0 Å². The number of carbonyl (C=O) groups is 2. The fourth-order valence-electron chi connectivity index (χ4n) is 1.78. The highest BCUT2D eigenvalue weighted by Gasteiger charge is 2.33. The van der Waals surface area contributed by atoms with Crippen molar-refractivity contribution >= 4 is 12.0 Å². The van der Waals surface area contributed by atoms with Crippen LogP contribution in [0.5, 0.6) is 0 Å². The molecule has 0 aliphatic heterocycles. The molecule has 2 N–H and O–H groups in total. The summed E-state index contributed by atoms with van der Waals surface area (Å²) < 4.78 is 4.99. The first-order valence-corrected chi connectivity index (χ1v) is 6.86. The number of urea groups is 1. The van der Waals surface area contributed by atoms with Gasteiger partial charge in [-0.3, -0.25) is 0 Å². The first-order valence-electron chi connectivity index (χ1n) is 6.86. The van der Waals surface area contributed by atoms with Crippen molar-refractivity contribution in [3.8, 4) is 0 Å². The molecule has 0 aromatic heterocycles. The molecule has 1 atom stereocenters. The standard InChI is InChI=1S/C14H28N2O4/c1-10(2)9-16(7-8-20-6)13(19)15-11(12(17)18)14(3,4)5/h10-11H,7-9H2,1-6H3,(H,15,19)(H,17,18). The zero-order valence-electron chi connectivity index (χ0n) is 13.4. The van der Waals surface area contributed by atoms with E-state index in [0.29, 0.717) is 25.6 Å². The van der Waals surface area contributed by atoms with Gasteiger partial charge in [-0.05, 0) is 11.3 Å². The molecule has 0 fully saturated rings. The van der Waals surface area contributed by atoms with E-state index in [9.17, 15) is 14.7 Å². The third-order valence-corrected chi connectivity index (χ3v) is 2.82. The van der Waals surface area contributed by atoms with Crippen molar-refractivity contribution in [2.75, 3.05) is 26.8 Å². The average Bonchev–Trinajstić information content (AvgIpc) is 2.28. The van der Waals surface area contributed by atoms with Crippen molar-refractivity contribution in [2.45, 2.75) is 40.7 Å². The van der Waals surface area contributed by atoms with Gasteiger partial charge in [-0.15, -0.1) is 0 Å². The number of ether oxygens (including phenoxy) is 1. The van der Waals surface area contributed by atoms with Gasteiger partial charge in [0, 0.05) is 20.2 Å². The van der Waals surface area contributed by atoms with Gasteiger partial charge in [0.1, 0.15) is 6.04 Å². The van der Waals surface area contributed by atoms with Crippen LogP contribution in [0.25, 0.3) is 0 Å². The molecule has 0 aromatic rings. The number of hydrogen-bond donors (Lipinski definition) is 2. The summed E-state index contributed by atoms with van der Waals surface area (Å²) in [5.41, 5.74) is -0.549. The molecule has 0 saturated carbocycles. The summed E-state index contributed by atoms with van der Waals surface area (Å²) in [4.78, 5) is 25.1. The lowest BCUT2D eigenvalue weighted by atomic mass is 9.87. The predicted octanol–water partition coefficient (Wildman–Crippen LogP) is 1.80. The first-order chi connectivity index (χ1) is 9.09. The molecule has 0 aliphatic carbocycles. The summed E-state index contributed by atoms with van der Waals surface area (Å²) in [6.07, 6.45) is 0. The number of nitrogens with one attached hydrogen (secondary N) is 1.